The van der Waals surface area contributed by atoms with Crippen LogP contribution in [0.15, 0.2) is 97.1 Å². The van der Waals surface area contributed by atoms with Gasteiger partial charge >= 0.3 is 0 Å². The van der Waals surface area contributed by atoms with Gasteiger partial charge in [-0.3, -0.25) is 24.2 Å². The van der Waals surface area contributed by atoms with Gasteiger partial charge in [-0.2, -0.15) is 0 Å². The first-order valence-electron chi connectivity index (χ1n) is 28.2. The molecule has 0 spiro atoms. The monoisotopic (exact) mass is 1160 g/mol. The second kappa shape index (κ2) is 29.3. The Kier molecular flexibility index (Phi) is 22.7. The van der Waals surface area contributed by atoms with E-state index in [1.807, 2.05) is 36.4 Å². The van der Waals surface area contributed by atoms with Gasteiger partial charge in [-0.15, -0.1) is 29.4 Å². The zero-order valence-electron chi connectivity index (χ0n) is 47.2. The molecule has 0 aromatic heterocycles. The maximum Gasteiger partial charge on any atom is 0.166 e. The molecule has 0 amide bonds. The van der Waals surface area contributed by atoms with E-state index in [2.05, 4.69) is 75.8 Å². The lowest BCUT2D eigenvalue weighted by Gasteiger charge is -2.32. The van der Waals surface area contributed by atoms with Crippen molar-refractivity contribution in [1.29, 1.82) is 0 Å². The van der Waals surface area contributed by atoms with Gasteiger partial charge in [0.05, 0.1) is 42.7 Å². The number of piperidine rings is 3. The van der Waals surface area contributed by atoms with Crippen LogP contribution in [0, 0.1) is 35.5 Å². The molecule has 79 heavy (non-hydrogen) atoms. The maximum absolute atomic E-state index is 12.9. The molecule has 6 aliphatic rings. The van der Waals surface area contributed by atoms with Crippen LogP contribution in [0.4, 0.5) is 0 Å². The topological polar surface area (TPSA) is 125 Å². The second-order valence-corrected chi connectivity index (χ2v) is 22.2. The first-order valence-corrected chi connectivity index (χ1v) is 28.2. The smallest absolute Gasteiger partial charge is 0.166 e. The van der Waals surface area contributed by atoms with Crippen molar-refractivity contribution in [2.45, 2.75) is 90.1 Å². The minimum absolute atomic E-state index is 0. The summed E-state index contributed by atoms with van der Waals surface area (Å²) >= 11 is 0. The van der Waals surface area contributed by atoms with Gasteiger partial charge in [-0.25, -0.2) is 0 Å². The molecule has 3 heterocycles. The lowest BCUT2D eigenvalue weighted by atomic mass is 9.85. The first kappa shape index (κ1) is 61.2. The average molecular weight is 1170 g/mol. The molecule has 11 rings (SSSR count). The molecule has 5 aromatic carbocycles. The molecule has 0 bridgehead atoms. The van der Waals surface area contributed by atoms with Gasteiger partial charge in [-0.05, 0) is 198 Å². The summed E-state index contributed by atoms with van der Waals surface area (Å²) in [5.41, 5.74) is 8.55. The fraction of sp³-hybridized carbons (Fsp3) is 0.492. The summed E-state index contributed by atoms with van der Waals surface area (Å²) in [6, 6.07) is 32.8. The van der Waals surface area contributed by atoms with Gasteiger partial charge in [0.1, 0.15) is 0 Å². The van der Waals surface area contributed by atoms with E-state index in [0.717, 1.165) is 124 Å². The predicted molar refractivity (Wildman–Crippen MR) is 319 cm³/mol. The van der Waals surface area contributed by atoms with E-state index < -0.39 is 0 Å². The van der Waals surface area contributed by atoms with Crippen LogP contribution in [0.1, 0.15) is 117 Å². The van der Waals surface area contributed by atoms with Crippen molar-refractivity contribution in [3.05, 3.63) is 142 Å². The number of nitrogens with one attached hydrogen (secondary N) is 1. The maximum atomic E-state index is 12.9. The highest BCUT2D eigenvalue weighted by Crippen LogP contribution is 2.43. The van der Waals surface area contributed by atoms with Gasteiger partial charge in [0.25, 0.3) is 0 Å². The molecule has 14 heteroatoms. The molecule has 1 N–H and O–H groups in total. The van der Waals surface area contributed by atoms with Gasteiger partial charge in [0, 0.05) is 47.5 Å². The number of nitrogens with zero attached hydrogens (tertiary/aromatic N) is 2. The van der Waals surface area contributed by atoms with E-state index >= 15 is 0 Å². The highest BCUT2D eigenvalue weighted by Gasteiger charge is 2.37. The Hall–Kier alpha value is -5.44. The molecule has 3 aliphatic heterocycles. The van der Waals surface area contributed by atoms with Crippen molar-refractivity contribution >= 4 is 46.7 Å². The molecule has 3 fully saturated rings. The molecule has 5 aromatic rings. The summed E-state index contributed by atoms with van der Waals surface area (Å²) in [5, 5.41) is 3.38. The van der Waals surface area contributed by atoms with E-state index in [9.17, 15) is 14.4 Å². The van der Waals surface area contributed by atoms with Crippen LogP contribution < -0.4 is 33.7 Å². The van der Waals surface area contributed by atoms with E-state index in [0.29, 0.717) is 52.3 Å². The van der Waals surface area contributed by atoms with Crippen molar-refractivity contribution in [1.82, 2.24) is 15.1 Å². The van der Waals surface area contributed by atoms with Crippen molar-refractivity contribution in [2.24, 2.45) is 35.5 Å². The van der Waals surface area contributed by atoms with Crippen LogP contribution in [0.2, 0.25) is 0 Å². The fourth-order valence-corrected chi connectivity index (χ4v) is 13.0. The number of ether oxygens (including phenoxy) is 6. The predicted octanol–water partition coefficient (Wildman–Crippen LogP) is 12.2. The van der Waals surface area contributed by atoms with Crippen LogP contribution in [-0.4, -0.2) is 109 Å². The third kappa shape index (κ3) is 15.1. The van der Waals surface area contributed by atoms with E-state index in [4.69, 9.17) is 28.4 Å². The summed E-state index contributed by atoms with van der Waals surface area (Å²) in [7, 11) is 9.75. The van der Waals surface area contributed by atoms with Gasteiger partial charge in [0.15, 0.2) is 51.8 Å². The molecular weight excluding hydrogens is 1080 g/mol. The average Bonchev–Trinajstić information content (AvgIpc) is 4.16. The van der Waals surface area contributed by atoms with Gasteiger partial charge < -0.3 is 33.7 Å². The number of carbonyl (C=O) groups is 3. The summed E-state index contributed by atoms with van der Waals surface area (Å²) in [5.74, 6) is 7.22. The van der Waals surface area contributed by atoms with E-state index in [-0.39, 0.29) is 64.5 Å². The molecule has 3 atom stereocenters. The largest absolute Gasteiger partial charge is 0.493 e. The molecule has 3 unspecified atom stereocenters. The number of methoxy groups -OCH3 is 6. The highest BCUT2D eigenvalue weighted by molar-refractivity contribution is 8.93. The molecule has 3 saturated heterocycles. The summed E-state index contributed by atoms with van der Waals surface area (Å²) in [4.78, 5) is 43.6. The molecule has 3 aliphatic carbocycles. The normalized spacial score (nSPS) is 20.2. The first-order chi connectivity index (χ1) is 37.6. The summed E-state index contributed by atoms with van der Waals surface area (Å²) < 4.78 is 32.2. The van der Waals surface area contributed by atoms with Gasteiger partial charge in [-0.1, -0.05) is 60.7 Å². The SMILES string of the molecule is Br.COc1cc2c(cc1OC)C(=O)C(CC1CCN(Cc3ccccc3)CC1)C2.COc1cc2c(cc1OC)C(=O)C(CC1CCN(Cc3ccccc3)CC1)C2.COc1cc2c(cc1OC)C(=O)C(CC1CCNCC1)C2.Cl. The number of halogens is 2. The number of fused-ring (bicyclic) bond motifs is 3. The van der Waals surface area contributed by atoms with E-state index in [1.54, 1.807) is 42.7 Å². The Balaban J connectivity index is 0.000000171. The molecule has 0 saturated carbocycles. The van der Waals surface area contributed by atoms with Crippen molar-refractivity contribution < 1.29 is 42.8 Å². The Morgan fingerprint density at radius 2 is 0.696 bits per heavy atom. The van der Waals surface area contributed by atoms with Crippen LogP contribution in [0.3, 0.4) is 0 Å². The molecule has 12 nitrogen and oxygen atoms in total. The van der Waals surface area contributed by atoms with Crippen molar-refractivity contribution in [3.63, 3.8) is 0 Å². The summed E-state index contributed by atoms with van der Waals surface area (Å²) in [6.45, 7) is 8.70. The number of rotatable bonds is 16. The lowest BCUT2D eigenvalue weighted by Crippen LogP contribution is -2.34. The number of benzene rings is 5. The number of hydrogen-bond acceptors (Lipinski definition) is 12. The fourth-order valence-electron chi connectivity index (χ4n) is 13.0. The zero-order chi connectivity index (χ0) is 53.8. The number of carbonyl (C=O) groups excluding carboxylic acids is 3. The number of Topliss-reactive ketones (excluding diaryl/α,β-unsaturated/α-hetero) is 3. The van der Waals surface area contributed by atoms with Crippen molar-refractivity contribution in [2.75, 3.05) is 81.9 Å². The van der Waals surface area contributed by atoms with Crippen LogP contribution in [-0.2, 0) is 32.4 Å². The Bertz CT molecular complexity index is 2650. The quantitative estimate of drug-likeness (QED) is 0.101. The van der Waals surface area contributed by atoms with Crippen LogP contribution in [0.25, 0.3) is 0 Å². The van der Waals surface area contributed by atoms with Crippen LogP contribution in [0.5, 0.6) is 34.5 Å². The van der Waals surface area contributed by atoms with E-state index in [1.165, 1.54) is 49.7 Å². The Labute approximate surface area is 485 Å². The van der Waals surface area contributed by atoms with Crippen LogP contribution >= 0.6 is 29.4 Å². The molecule has 0 radical (unpaired) electrons. The molecular formula is C65H83BrClN3O9. The highest BCUT2D eigenvalue weighted by atomic mass is 79.9. The third-order valence-electron chi connectivity index (χ3n) is 17.4. The van der Waals surface area contributed by atoms with Crippen molar-refractivity contribution in [3.8, 4) is 34.5 Å². The standard InChI is InChI=1S/2C24H29NO3.C17H23NO3.BrH.ClH/c2*1-27-22-14-19-13-20(24(26)21(19)15-23(22)28-2)12-17-8-10-25(11-9-17)16-18-6-4-3-5-7-18;1-20-15-9-12-8-13(7-11-3-5-18-6-4-11)17(19)14(12)10-16(15)21-2;;/h2*3-7,14-15,17,20H,8-13,16H2,1-2H3;9-11,13,18H,3-8H2,1-2H3;2*1H. The minimum atomic E-state index is 0. The minimum Gasteiger partial charge on any atom is -0.493 e. The third-order valence-corrected chi connectivity index (χ3v) is 17.4. The Morgan fingerprint density at radius 1 is 0.418 bits per heavy atom. The number of hydrogen-bond donors (Lipinski definition) is 1. The second-order valence-electron chi connectivity index (χ2n) is 22.2. The number of ketones is 3. The zero-order valence-corrected chi connectivity index (χ0v) is 49.8. The van der Waals surface area contributed by atoms with Gasteiger partial charge in [0.2, 0.25) is 0 Å². The Morgan fingerprint density at radius 3 is 0.987 bits per heavy atom. The molecule has 426 valence electrons. The lowest BCUT2D eigenvalue weighted by molar-refractivity contribution is 0.0889. The summed E-state index contributed by atoms with van der Waals surface area (Å²) in [6.07, 6.45) is 12.6. The number of likely N-dealkylation sites (tertiary alicyclic amines) is 2.